The van der Waals surface area contributed by atoms with Crippen LogP contribution in [0.25, 0.3) is 0 Å². The second-order valence-corrected chi connectivity index (χ2v) is 4.83. The first kappa shape index (κ1) is 10.7. The lowest BCUT2D eigenvalue weighted by Gasteiger charge is -2.48. The molecule has 15 heavy (non-hydrogen) atoms. The van der Waals surface area contributed by atoms with Gasteiger partial charge in [0.2, 0.25) is 0 Å². The average molecular weight is 208 g/mol. The molecule has 1 aromatic heterocycles. The van der Waals surface area contributed by atoms with Gasteiger partial charge in [0, 0.05) is 17.8 Å². The van der Waals surface area contributed by atoms with Gasteiger partial charge >= 0.3 is 0 Å². The van der Waals surface area contributed by atoms with E-state index >= 15 is 0 Å². The van der Waals surface area contributed by atoms with E-state index in [0.29, 0.717) is 11.8 Å². The second-order valence-electron chi connectivity index (χ2n) is 4.83. The minimum atomic E-state index is 0.156. The monoisotopic (exact) mass is 208 g/mol. The third-order valence-corrected chi connectivity index (χ3v) is 3.66. The van der Waals surface area contributed by atoms with Crippen LogP contribution in [0, 0.1) is 11.8 Å². The Morgan fingerprint density at radius 2 is 2.27 bits per heavy atom. The van der Waals surface area contributed by atoms with Crippen LogP contribution in [-0.2, 0) is 10.2 Å². The van der Waals surface area contributed by atoms with Crippen LogP contribution in [0.15, 0.2) is 18.5 Å². The lowest BCUT2D eigenvalue weighted by atomic mass is 9.65. The number of hydrogen-bond acceptors (Lipinski definition) is 2. The summed E-state index contributed by atoms with van der Waals surface area (Å²) in [6.45, 7) is 6.83. The summed E-state index contributed by atoms with van der Waals surface area (Å²) >= 11 is 0. The molecule has 0 spiro atoms. The largest absolute Gasteiger partial charge is 0.379 e. The fourth-order valence-electron chi connectivity index (χ4n) is 2.69. The van der Waals surface area contributed by atoms with Crippen molar-refractivity contribution in [2.24, 2.45) is 17.6 Å². The number of nitrogens with one attached hydrogen (secondary N) is 1. The highest BCUT2D eigenvalue weighted by Crippen LogP contribution is 2.42. The highest BCUT2D eigenvalue weighted by molar-refractivity contribution is 5.27. The first-order chi connectivity index (χ1) is 7.20. The quantitative estimate of drug-likeness (QED) is 0.788. The molecule has 84 valence electrons. The van der Waals surface area contributed by atoms with Crippen molar-refractivity contribution in [3.8, 4) is 0 Å². The van der Waals surface area contributed by atoms with Crippen LogP contribution in [-0.4, -0.2) is 24.7 Å². The first-order valence-corrected chi connectivity index (χ1v) is 5.62. The van der Waals surface area contributed by atoms with Crippen molar-refractivity contribution in [1.82, 2.24) is 4.98 Å². The van der Waals surface area contributed by atoms with Gasteiger partial charge in [0.1, 0.15) is 0 Å². The number of H-pyrrole nitrogens is 1. The maximum Gasteiger partial charge on any atom is 0.0589 e. The predicted octanol–water partition coefficient (Wildman–Crippen LogP) is 1.51. The molecule has 0 saturated carbocycles. The van der Waals surface area contributed by atoms with Crippen LogP contribution < -0.4 is 5.73 Å². The number of hydrogen-bond donors (Lipinski definition) is 2. The molecule has 1 atom stereocenters. The van der Waals surface area contributed by atoms with Gasteiger partial charge in [-0.25, -0.2) is 0 Å². The number of rotatable bonds is 4. The zero-order chi connectivity index (χ0) is 10.9. The van der Waals surface area contributed by atoms with Gasteiger partial charge < -0.3 is 15.5 Å². The van der Waals surface area contributed by atoms with E-state index < -0.39 is 0 Å². The van der Waals surface area contributed by atoms with Gasteiger partial charge in [-0.1, -0.05) is 13.8 Å². The molecule has 1 aliphatic heterocycles. The molecule has 3 N–H and O–H groups in total. The highest BCUT2D eigenvalue weighted by atomic mass is 16.5. The Kier molecular flexibility index (Phi) is 2.85. The average Bonchev–Trinajstić information content (AvgIpc) is 2.62. The Labute approximate surface area is 91.0 Å². The molecule has 3 heteroatoms. The standard InChI is InChI=1S/C12H20N2O/c1-9(2)11(5-13)12(7-15-8-12)10-3-4-14-6-10/h3-4,6,9,11,14H,5,7-8,13H2,1-2H3. The number of ether oxygens (including phenoxy) is 1. The summed E-state index contributed by atoms with van der Waals surface area (Å²) in [5.74, 6) is 1.09. The number of aromatic nitrogens is 1. The summed E-state index contributed by atoms with van der Waals surface area (Å²) in [6.07, 6.45) is 4.05. The van der Waals surface area contributed by atoms with E-state index in [9.17, 15) is 0 Å². The van der Waals surface area contributed by atoms with Gasteiger partial charge in [-0.2, -0.15) is 0 Å². The van der Waals surface area contributed by atoms with Crippen LogP contribution in [0.4, 0.5) is 0 Å². The molecular formula is C12H20N2O. The molecule has 1 saturated heterocycles. The smallest absolute Gasteiger partial charge is 0.0589 e. The molecule has 0 amide bonds. The summed E-state index contributed by atoms with van der Waals surface area (Å²) in [6, 6.07) is 2.15. The minimum absolute atomic E-state index is 0.156. The van der Waals surface area contributed by atoms with Crippen LogP contribution >= 0.6 is 0 Å². The molecule has 0 bridgehead atoms. The summed E-state index contributed by atoms with van der Waals surface area (Å²) in [5, 5.41) is 0. The Morgan fingerprint density at radius 3 is 2.60 bits per heavy atom. The van der Waals surface area contributed by atoms with Crippen molar-refractivity contribution in [3.63, 3.8) is 0 Å². The Hall–Kier alpha value is -0.800. The summed E-state index contributed by atoms with van der Waals surface area (Å²) in [5.41, 5.74) is 7.41. The third kappa shape index (κ3) is 1.60. The third-order valence-electron chi connectivity index (χ3n) is 3.66. The first-order valence-electron chi connectivity index (χ1n) is 5.62. The van der Waals surface area contributed by atoms with Crippen molar-refractivity contribution in [1.29, 1.82) is 0 Å². The lowest BCUT2D eigenvalue weighted by Crippen LogP contribution is -2.55. The molecule has 1 aliphatic rings. The Morgan fingerprint density at radius 1 is 1.53 bits per heavy atom. The van der Waals surface area contributed by atoms with Gasteiger partial charge in [-0.05, 0) is 30.0 Å². The van der Waals surface area contributed by atoms with Crippen LogP contribution in [0.5, 0.6) is 0 Å². The minimum Gasteiger partial charge on any atom is -0.379 e. The second kappa shape index (κ2) is 3.99. The molecular weight excluding hydrogens is 188 g/mol. The van der Waals surface area contributed by atoms with Gasteiger partial charge in [-0.3, -0.25) is 0 Å². The summed E-state index contributed by atoms with van der Waals surface area (Å²) in [7, 11) is 0. The fourth-order valence-corrected chi connectivity index (χ4v) is 2.69. The van der Waals surface area contributed by atoms with Crippen molar-refractivity contribution in [3.05, 3.63) is 24.0 Å². The van der Waals surface area contributed by atoms with Gasteiger partial charge in [-0.15, -0.1) is 0 Å². The Bertz CT molecular complexity index is 301. The summed E-state index contributed by atoms with van der Waals surface area (Å²) < 4.78 is 5.43. The molecule has 2 heterocycles. The van der Waals surface area contributed by atoms with Gasteiger partial charge in [0.25, 0.3) is 0 Å². The normalized spacial score (nSPS) is 21.3. The molecule has 2 rings (SSSR count). The molecule has 3 nitrogen and oxygen atoms in total. The van der Waals surface area contributed by atoms with E-state index in [2.05, 4.69) is 31.1 Å². The van der Waals surface area contributed by atoms with Crippen LogP contribution in [0.2, 0.25) is 0 Å². The zero-order valence-electron chi connectivity index (χ0n) is 9.49. The van der Waals surface area contributed by atoms with E-state index in [1.54, 1.807) is 0 Å². The molecule has 1 unspecified atom stereocenters. The van der Waals surface area contributed by atoms with E-state index in [-0.39, 0.29) is 5.41 Å². The van der Waals surface area contributed by atoms with Crippen molar-refractivity contribution in [2.45, 2.75) is 19.3 Å². The lowest BCUT2D eigenvalue weighted by molar-refractivity contribution is -0.0981. The van der Waals surface area contributed by atoms with Crippen LogP contribution in [0.1, 0.15) is 19.4 Å². The topological polar surface area (TPSA) is 51.0 Å². The molecule has 1 fully saturated rings. The maximum absolute atomic E-state index is 5.91. The van der Waals surface area contributed by atoms with E-state index in [1.165, 1.54) is 5.56 Å². The van der Waals surface area contributed by atoms with Crippen molar-refractivity contribution >= 4 is 0 Å². The maximum atomic E-state index is 5.91. The van der Waals surface area contributed by atoms with Gasteiger partial charge in [0.05, 0.1) is 13.2 Å². The number of nitrogens with two attached hydrogens (primary N) is 1. The van der Waals surface area contributed by atoms with Gasteiger partial charge in [0.15, 0.2) is 0 Å². The van der Waals surface area contributed by atoms with Crippen molar-refractivity contribution < 1.29 is 4.74 Å². The fraction of sp³-hybridized carbons (Fsp3) is 0.667. The molecule has 0 aromatic carbocycles. The Balaban J connectivity index is 2.28. The van der Waals surface area contributed by atoms with Crippen LogP contribution in [0.3, 0.4) is 0 Å². The highest BCUT2D eigenvalue weighted by Gasteiger charge is 2.47. The van der Waals surface area contributed by atoms with E-state index in [4.69, 9.17) is 10.5 Å². The molecule has 1 aromatic rings. The summed E-state index contributed by atoms with van der Waals surface area (Å²) in [4.78, 5) is 3.13. The zero-order valence-corrected chi connectivity index (χ0v) is 9.49. The molecule has 0 radical (unpaired) electrons. The SMILES string of the molecule is CC(C)C(CN)C1(c2cc[nH]c2)COC1. The van der Waals surface area contributed by atoms with E-state index in [1.807, 2.05) is 6.20 Å². The number of aromatic amines is 1. The van der Waals surface area contributed by atoms with E-state index in [0.717, 1.165) is 19.8 Å². The van der Waals surface area contributed by atoms with Crippen molar-refractivity contribution in [2.75, 3.05) is 19.8 Å². The predicted molar refractivity (Wildman–Crippen MR) is 60.7 cm³/mol. The molecule has 0 aliphatic carbocycles.